The zero-order valence-corrected chi connectivity index (χ0v) is 15.9. The molecule has 0 saturated carbocycles. The molecule has 0 bridgehead atoms. The lowest BCUT2D eigenvalue weighted by Gasteiger charge is -2.09. The number of nitrogens with one attached hydrogen (secondary N) is 2. The van der Waals surface area contributed by atoms with Crippen LogP contribution < -0.4 is 10.6 Å². The molecule has 0 unspecified atom stereocenters. The van der Waals surface area contributed by atoms with E-state index in [1.807, 2.05) is 6.07 Å². The van der Waals surface area contributed by atoms with E-state index in [-0.39, 0.29) is 10.5 Å². The van der Waals surface area contributed by atoms with Crippen LogP contribution in [0.15, 0.2) is 71.9 Å². The van der Waals surface area contributed by atoms with Gasteiger partial charge in [-0.25, -0.2) is 22.0 Å². The molecule has 6 nitrogen and oxygen atoms in total. The van der Waals surface area contributed by atoms with Crippen LogP contribution in [0.25, 0.3) is 0 Å². The Balaban J connectivity index is 1.61. The molecule has 1 heterocycles. The molecule has 0 radical (unpaired) electrons. The lowest BCUT2D eigenvalue weighted by Crippen LogP contribution is -2.28. The summed E-state index contributed by atoms with van der Waals surface area (Å²) in [4.78, 5) is 15.9. The van der Waals surface area contributed by atoms with Gasteiger partial charge in [0.2, 0.25) is 0 Å². The molecule has 0 aliphatic rings. The second-order valence-corrected chi connectivity index (χ2v) is 8.19. The summed E-state index contributed by atoms with van der Waals surface area (Å²) in [6, 6.07) is 11.7. The van der Waals surface area contributed by atoms with Gasteiger partial charge in [-0.2, -0.15) is 0 Å². The average molecular weight is 417 g/mol. The SMILES string of the molecule is O=C(NCc1cccnc1)Nc1ccc(S(=O)(=O)Cc2ccc(F)c(F)c2)cc1. The number of halogens is 2. The van der Waals surface area contributed by atoms with Gasteiger partial charge in [0, 0.05) is 24.6 Å². The number of nitrogens with zero attached hydrogens (tertiary/aromatic N) is 1. The van der Waals surface area contributed by atoms with Crippen molar-refractivity contribution in [2.45, 2.75) is 17.2 Å². The summed E-state index contributed by atoms with van der Waals surface area (Å²) in [7, 11) is -3.76. The summed E-state index contributed by atoms with van der Waals surface area (Å²) in [5.74, 6) is -2.61. The fourth-order valence-corrected chi connectivity index (χ4v) is 3.87. The lowest BCUT2D eigenvalue weighted by molar-refractivity contribution is 0.251. The zero-order chi connectivity index (χ0) is 20.9. The number of sulfone groups is 1. The fourth-order valence-electron chi connectivity index (χ4n) is 2.54. The van der Waals surface area contributed by atoms with Crippen molar-refractivity contribution >= 4 is 21.6 Å². The van der Waals surface area contributed by atoms with E-state index in [2.05, 4.69) is 15.6 Å². The van der Waals surface area contributed by atoms with Crippen LogP contribution in [0.5, 0.6) is 0 Å². The molecule has 0 aliphatic carbocycles. The topological polar surface area (TPSA) is 88.2 Å². The Morgan fingerprint density at radius 1 is 0.966 bits per heavy atom. The molecule has 3 aromatic rings. The monoisotopic (exact) mass is 417 g/mol. The maximum absolute atomic E-state index is 13.3. The minimum Gasteiger partial charge on any atom is -0.334 e. The number of pyridine rings is 1. The van der Waals surface area contributed by atoms with Gasteiger partial charge in [-0.15, -0.1) is 0 Å². The molecular weight excluding hydrogens is 400 g/mol. The molecule has 3 rings (SSSR count). The molecule has 0 fully saturated rings. The number of hydrogen-bond acceptors (Lipinski definition) is 4. The fraction of sp³-hybridized carbons (Fsp3) is 0.100. The van der Waals surface area contributed by atoms with Gasteiger partial charge in [-0.05, 0) is 53.6 Å². The lowest BCUT2D eigenvalue weighted by atomic mass is 10.2. The summed E-state index contributed by atoms with van der Waals surface area (Å²) in [5, 5.41) is 5.26. The molecule has 2 aromatic carbocycles. The van der Waals surface area contributed by atoms with Crippen molar-refractivity contribution in [2.24, 2.45) is 0 Å². The second-order valence-electron chi connectivity index (χ2n) is 6.20. The third-order valence-corrected chi connectivity index (χ3v) is 5.69. The van der Waals surface area contributed by atoms with Gasteiger partial charge in [0.1, 0.15) is 0 Å². The van der Waals surface area contributed by atoms with Gasteiger partial charge in [0.25, 0.3) is 0 Å². The van der Waals surface area contributed by atoms with Gasteiger partial charge in [-0.3, -0.25) is 4.98 Å². The quantitative estimate of drug-likeness (QED) is 0.641. The van der Waals surface area contributed by atoms with Crippen molar-refractivity contribution in [3.8, 4) is 0 Å². The normalized spacial score (nSPS) is 11.1. The van der Waals surface area contributed by atoms with E-state index < -0.39 is 33.3 Å². The molecule has 0 atom stereocenters. The van der Waals surface area contributed by atoms with E-state index in [1.165, 1.54) is 30.3 Å². The molecule has 29 heavy (non-hydrogen) atoms. The van der Waals surface area contributed by atoms with E-state index in [4.69, 9.17) is 0 Å². The van der Waals surface area contributed by atoms with Crippen molar-refractivity contribution < 1.29 is 22.0 Å². The highest BCUT2D eigenvalue weighted by molar-refractivity contribution is 7.90. The summed E-state index contributed by atoms with van der Waals surface area (Å²) >= 11 is 0. The molecule has 150 valence electrons. The Bertz CT molecular complexity index is 1110. The first kappa shape index (κ1) is 20.4. The van der Waals surface area contributed by atoms with E-state index in [0.29, 0.717) is 12.2 Å². The molecule has 9 heteroatoms. The van der Waals surface area contributed by atoms with Gasteiger partial charge in [0.05, 0.1) is 10.6 Å². The first-order valence-electron chi connectivity index (χ1n) is 8.54. The van der Waals surface area contributed by atoms with Crippen LogP contribution in [0.4, 0.5) is 19.3 Å². The van der Waals surface area contributed by atoms with Crippen LogP contribution >= 0.6 is 0 Å². The van der Waals surface area contributed by atoms with Crippen molar-refractivity contribution in [3.63, 3.8) is 0 Å². The number of hydrogen-bond donors (Lipinski definition) is 2. The number of benzene rings is 2. The number of amides is 2. The Labute approximate surface area is 166 Å². The number of anilines is 1. The van der Waals surface area contributed by atoms with Crippen LogP contribution in [0.1, 0.15) is 11.1 Å². The van der Waals surface area contributed by atoms with Crippen LogP contribution in [-0.2, 0) is 22.1 Å². The third kappa shape index (κ3) is 5.58. The first-order chi connectivity index (χ1) is 13.8. The molecule has 1 aromatic heterocycles. The van der Waals surface area contributed by atoms with E-state index in [9.17, 15) is 22.0 Å². The van der Waals surface area contributed by atoms with Gasteiger partial charge in [0.15, 0.2) is 21.5 Å². The summed E-state index contributed by atoms with van der Waals surface area (Å²) in [5.41, 5.74) is 1.38. The summed E-state index contributed by atoms with van der Waals surface area (Å²) in [6.45, 7) is 0.292. The van der Waals surface area contributed by atoms with E-state index in [0.717, 1.165) is 17.7 Å². The zero-order valence-electron chi connectivity index (χ0n) is 15.1. The molecule has 2 amide bonds. The van der Waals surface area contributed by atoms with Crippen LogP contribution in [0.3, 0.4) is 0 Å². The van der Waals surface area contributed by atoms with Gasteiger partial charge in [-0.1, -0.05) is 12.1 Å². The highest BCUT2D eigenvalue weighted by atomic mass is 32.2. The number of aromatic nitrogens is 1. The summed E-state index contributed by atoms with van der Waals surface area (Å²) < 4.78 is 51.2. The van der Waals surface area contributed by atoms with Crippen molar-refractivity contribution in [1.82, 2.24) is 10.3 Å². The Kier molecular flexibility index (Phi) is 6.18. The van der Waals surface area contributed by atoms with Crippen LogP contribution in [0, 0.1) is 11.6 Å². The number of rotatable bonds is 6. The number of urea groups is 1. The summed E-state index contributed by atoms with van der Waals surface area (Å²) in [6.07, 6.45) is 3.26. The van der Waals surface area contributed by atoms with Crippen LogP contribution in [-0.4, -0.2) is 19.4 Å². The highest BCUT2D eigenvalue weighted by Gasteiger charge is 2.17. The van der Waals surface area contributed by atoms with Crippen molar-refractivity contribution in [3.05, 3.63) is 89.8 Å². The Morgan fingerprint density at radius 2 is 1.72 bits per heavy atom. The number of carbonyl (C=O) groups excluding carboxylic acids is 1. The molecule has 2 N–H and O–H groups in total. The van der Waals surface area contributed by atoms with E-state index >= 15 is 0 Å². The van der Waals surface area contributed by atoms with E-state index in [1.54, 1.807) is 18.5 Å². The van der Waals surface area contributed by atoms with Crippen molar-refractivity contribution in [1.29, 1.82) is 0 Å². The minimum absolute atomic E-state index is 0.00329. The average Bonchev–Trinajstić information content (AvgIpc) is 2.70. The van der Waals surface area contributed by atoms with Crippen molar-refractivity contribution in [2.75, 3.05) is 5.32 Å². The smallest absolute Gasteiger partial charge is 0.319 e. The third-order valence-electron chi connectivity index (χ3n) is 3.99. The van der Waals surface area contributed by atoms with Gasteiger partial charge < -0.3 is 10.6 Å². The minimum atomic E-state index is -3.76. The second kappa shape index (κ2) is 8.78. The highest BCUT2D eigenvalue weighted by Crippen LogP contribution is 2.20. The predicted octanol–water partition coefficient (Wildman–Crippen LogP) is 3.66. The molecular formula is C20H17F2N3O3S. The first-order valence-corrected chi connectivity index (χ1v) is 10.2. The Morgan fingerprint density at radius 3 is 2.38 bits per heavy atom. The van der Waals surface area contributed by atoms with Crippen LogP contribution in [0.2, 0.25) is 0 Å². The molecule has 0 aliphatic heterocycles. The maximum Gasteiger partial charge on any atom is 0.319 e. The van der Waals surface area contributed by atoms with Gasteiger partial charge >= 0.3 is 6.03 Å². The molecule has 0 spiro atoms. The number of carbonyl (C=O) groups is 1. The standard InChI is InChI=1S/C20H17F2N3O3S/c21-18-8-3-14(10-19(18)22)13-29(27,28)17-6-4-16(5-7-17)25-20(26)24-12-15-2-1-9-23-11-15/h1-11H,12-13H2,(H2,24,25,26). The Hall–Kier alpha value is -3.33. The largest absolute Gasteiger partial charge is 0.334 e. The predicted molar refractivity (Wildman–Crippen MR) is 104 cm³/mol. The molecule has 0 saturated heterocycles. The maximum atomic E-state index is 13.3.